The van der Waals surface area contributed by atoms with Crippen molar-refractivity contribution in [1.29, 1.82) is 0 Å². The Labute approximate surface area is 372 Å². The van der Waals surface area contributed by atoms with E-state index in [4.69, 9.17) is 18.2 Å². The van der Waals surface area contributed by atoms with Gasteiger partial charge in [-0.05, 0) is 106 Å². The van der Waals surface area contributed by atoms with Crippen LogP contribution < -0.4 is 0 Å². The predicted molar refractivity (Wildman–Crippen MR) is 268 cm³/mol. The zero-order valence-corrected chi connectivity index (χ0v) is 34.9. The molecule has 4 heteroatoms. The third kappa shape index (κ3) is 5.47. The fraction of sp³-hybridized carbons (Fsp3) is 0. The second-order valence-corrected chi connectivity index (χ2v) is 16.9. The van der Waals surface area contributed by atoms with E-state index in [1.165, 1.54) is 0 Å². The highest BCUT2D eigenvalue weighted by molar-refractivity contribution is 6.28. The normalized spacial score (nSPS) is 12.0. The number of rotatable bonds is 5. The van der Waals surface area contributed by atoms with Crippen molar-refractivity contribution in [3.8, 4) is 55.8 Å². The standard InChI is InChI=1S/C61H35NO3/c1-2-15-36(16-3-1)56-59-44-19-4-8-25-49(44)62-61(48(59)35-55-60(56)47-22-7-11-28-52(47)65-55)38-18-12-17-37(31-38)39-32-40(42-23-13-29-53-57(42)45-20-5-9-26-50(45)63-53)34-41(33-39)43-24-14-30-54-58(43)46-21-6-10-27-51(46)64-54/h1-35H. The molecule has 0 aliphatic heterocycles. The van der Waals surface area contributed by atoms with Crippen LogP contribution >= 0.6 is 0 Å². The van der Waals surface area contributed by atoms with E-state index in [0.29, 0.717) is 0 Å². The fourth-order valence-corrected chi connectivity index (χ4v) is 10.4. The lowest BCUT2D eigenvalue weighted by Gasteiger charge is -2.16. The highest BCUT2D eigenvalue weighted by Gasteiger charge is 2.23. The predicted octanol–water partition coefficient (Wildman–Crippen LogP) is 17.4. The third-order valence-corrected chi connectivity index (χ3v) is 13.2. The second kappa shape index (κ2) is 13.9. The minimum Gasteiger partial charge on any atom is -0.456 e. The van der Waals surface area contributed by atoms with Gasteiger partial charge in [0.25, 0.3) is 0 Å². The molecule has 0 fully saturated rings. The molecule has 65 heavy (non-hydrogen) atoms. The molecule has 0 radical (unpaired) electrons. The smallest absolute Gasteiger partial charge is 0.136 e. The van der Waals surface area contributed by atoms with Crippen molar-refractivity contribution in [3.63, 3.8) is 0 Å². The van der Waals surface area contributed by atoms with Crippen LogP contribution in [-0.4, -0.2) is 4.98 Å². The minimum atomic E-state index is 0.839. The van der Waals surface area contributed by atoms with E-state index in [-0.39, 0.29) is 0 Å². The summed E-state index contributed by atoms with van der Waals surface area (Å²) in [6.45, 7) is 0. The summed E-state index contributed by atoms with van der Waals surface area (Å²) >= 11 is 0. The quantitative estimate of drug-likeness (QED) is 0.162. The second-order valence-electron chi connectivity index (χ2n) is 16.9. The lowest BCUT2D eigenvalue weighted by molar-refractivity contribution is 0.668. The molecule has 14 aromatic rings. The average molecular weight is 830 g/mol. The molecule has 0 bridgehead atoms. The number of benzene rings is 10. The van der Waals surface area contributed by atoms with Crippen LogP contribution in [0.3, 0.4) is 0 Å². The lowest BCUT2D eigenvalue weighted by atomic mass is 9.88. The van der Waals surface area contributed by atoms with Crippen LogP contribution in [0.4, 0.5) is 0 Å². The van der Waals surface area contributed by atoms with Crippen molar-refractivity contribution < 1.29 is 13.3 Å². The maximum Gasteiger partial charge on any atom is 0.136 e. The van der Waals surface area contributed by atoms with Gasteiger partial charge in [-0.25, -0.2) is 4.98 Å². The van der Waals surface area contributed by atoms with Crippen LogP contribution in [0.5, 0.6) is 0 Å². The first-order valence-electron chi connectivity index (χ1n) is 22.0. The van der Waals surface area contributed by atoms with E-state index in [1.54, 1.807) is 0 Å². The van der Waals surface area contributed by atoms with Gasteiger partial charge < -0.3 is 13.3 Å². The molecule has 4 aromatic heterocycles. The summed E-state index contributed by atoms with van der Waals surface area (Å²) in [4.78, 5) is 5.49. The molecular formula is C61H35NO3. The summed E-state index contributed by atoms with van der Waals surface area (Å²) in [7, 11) is 0. The van der Waals surface area contributed by atoms with E-state index in [1.807, 2.05) is 30.3 Å². The van der Waals surface area contributed by atoms with Gasteiger partial charge in [0.2, 0.25) is 0 Å². The first-order valence-corrected chi connectivity index (χ1v) is 22.0. The van der Waals surface area contributed by atoms with Crippen LogP contribution in [-0.2, 0) is 0 Å². The molecule has 0 atom stereocenters. The molecule has 4 heterocycles. The molecule has 0 unspecified atom stereocenters. The molecule has 4 nitrogen and oxygen atoms in total. The van der Waals surface area contributed by atoms with Crippen LogP contribution in [0.25, 0.3) is 143 Å². The van der Waals surface area contributed by atoms with Gasteiger partial charge in [0.15, 0.2) is 0 Å². The monoisotopic (exact) mass is 829 g/mol. The SMILES string of the molecule is c1ccc(-c2c3c(cc4c(-c5cccc(-c6cc(-c7cccc8oc9ccccc9c78)cc(-c7cccc8oc9ccccc9c78)c6)c5)nc5ccccc5c24)oc2ccccc23)cc1. The number of aromatic nitrogens is 1. The molecule has 0 N–H and O–H groups in total. The van der Waals surface area contributed by atoms with Gasteiger partial charge in [-0.2, -0.15) is 0 Å². The van der Waals surface area contributed by atoms with Crippen LogP contribution in [0.15, 0.2) is 226 Å². The van der Waals surface area contributed by atoms with Gasteiger partial charge >= 0.3 is 0 Å². The van der Waals surface area contributed by atoms with E-state index in [2.05, 4.69) is 182 Å². The molecule has 14 rings (SSSR count). The third-order valence-electron chi connectivity index (χ3n) is 13.2. The fourth-order valence-electron chi connectivity index (χ4n) is 10.4. The molecule has 0 aliphatic rings. The minimum absolute atomic E-state index is 0.839. The summed E-state index contributed by atoms with van der Waals surface area (Å²) in [5.74, 6) is 0. The van der Waals surface area contributed by atoms with E-state index in [0.717, 1.165) is 143 Å². The summed E-state index contributed by atoms with van der Waals surface area (Å²) in [5, 5.41) is 9.91. The largest absolute Gasteiger partial charge is 0.456 e. The van der Waals surface area contributed by atoms with Gasteiger partial charge in [0.1, 0.15) is 33.5 Å². The highest BCUT2D eigenvalue weighted by Crippen LogP contribution is 2.47. The molecule has 0 aliphatic carbocycles. The van der Waals surface area contributed by atoms with Crippen molar-refractivity contribution in [1.82, 2.24) is 4.98 Å². The topological polar surface area (TPSA) is 52.3 Å². The summed E-state index contributed by atoms with van der Waals surface area (Å²) < 4.78 is 19.5. The Kier molecular flexibility index (Phi) is 7.65. The van der Waals surface area contributed by atoms with Crippen molar-refractivity contribution in [3.05, 3.63) is 212 Å². The van der Waals surface area contributed by atoms with Gasteiger partial charge in [0, 0.05) is 59.6 Å². The summed E-state index contributed by atoms with van der Waals surface area (Å²) in [5.41, 5.74) is 16.9. The Morgan fingerprint density at radius 3 is 1.37 bits per heavy atom. The van der Waals surface area contributed by atoms with E-state index < -0.39 is 0 Å². The maximum atomic E-state index is 6.69. The van der Waals surface area contributed by atoms with Crippen molar-refractivity contribution in [2.45, 2.75) is 0 Å². The number of hydrogen-bond donors (Lipinski definition) is 0. The molecule has 0 saturated heterocycles. The van der Waals surface area contributed by atoms with Crippen molar-refractivity contribution in [2.24, 2.45) is 0 Å². The van der Waals surface area contributed by atoms with Gasteiger partial charge in [-0.1, -0.05) is 146 Å². The Hall–Kier alpha value is -8.73. The van der Waals surface area contributed by atoms with Crippen molar-refractivity contribution in [2.75, 3.05) is 0 Å². The molecule has 0 saturated carbocycles. The summed E-state index contributed by atoms with van der Waals surface area (Å²) in [6.07, 6.45) is 0. The van der Waals surface area contributed by atoms with Gasteiger partial charge in [-0.3, -0.25) is 0 Å². The highest BCUT2D eigenvalue weighted by atomic mass is 16.3. The van der Waals surface area contributed by atoms with Crippen LogP contribution in [0.1, 0.15) is 0 Å². The number of para-hydroxylation sites is 4. The number of hydrogen-bond acceptors (Lipinski definition) is 4. The maximum absolute atomic E-state index is 6.69. The number of furan rings is 3. The van der Waals surface area contributed by atoms with E-state index in [9.17, 15) is 0 Å². The molecule has 0 spiro atoms. The molecule has 0 amide bonds. The lowest BCUT2D eigenvalue weighted by Crippen LogP contribution is -1.93. The van der Waals surface area contributed by atoms with E-state index >= 15 is 0 Å². The number of nitrogens with zero attached hydrogens (tertiary/aromatic N) is 1. The van der Waals surface area contributed by atoms with Gasteiger partial charge in [-0.15, -0.1) is 0 Å². The van der Waals surface area contributed by atoms with Crippen molar-refractivity contribution >= 4 is 87.5 Å². The first kappa shape index (κ1) is 35.8. The zero-order valence-electron chi connectivity index (χ0n) is 34.9. The number of pyridine rings is 1. The van der Waals surface area contributed by atoms with Crippen LogP contribution in [0, 0.1) is 0 Å². The van der Waals surface area contributed by atoms with Crippen LogP contribution in [0.2, 0.25) is 0 Å². The summed E-state index contributed by atoms with van der Waals surface area (Å²) in [6, 6.07) is 75.0. The zero-order chi connectivity index (χ0) is 42.6. The molecule has 302 valence electrons. The average Bonchev–Trinajstić information content (AvgIpc) is 4.07. The molecular weight excluding hydrogens is 795 g/mol. The first-order chi connectivity index (χ1) is 32.2. The Morgan fingerprint density at radius 1 is 0.262 bits per heavy atom. The number of fused-ring (bicyclic) bond motifs is 12. The van der Waals surface area contributed by atoms with Gasteiger partial charge in [0.05, 0.1) is 11.2 Å². The Balaban J connectivity index is 1.04. The Bertz CT molecular complexity index is 4110. The molecule has 10 aromatic carbocycles. The Morgan fingerprint density at radius 2 is 0.723 bits per heavy atom.